The minimum Gasteiger partial charge on any atom is -0.508 e. The predicted molar refractivity (Wildman–Crippen MR) is 70.4 cm³/mol. The topological polar surface area (TPSA) is 101 Å². The summed E-state index contributed by atoms with van der Waals surface area (Å²) in [5.74, 6) is 0.226. The fraction of sp³-hybridized carbons (Fsp3) is 0.154. The number of carbonyl (C=O) groups is 1. The summed E-state index contributed by atoms with van der Waals surface area (Å²) in [6, 6.07) is 9.19. The lowest BCUT2D eigenvalue weighted by atomic mass is 10.1. The summed E-state index contributed by atoms with van der Waals surface area (Å²) >= 11 is 0. The van der Waals surface area contributed by atoms with Crippen molar-refractivity contribution >= 4 is 11.7 Å². The van der Waals surface area contributed by atoms with Crippen molar-refractivity contribution in [1.29, 1.82) is 0 Å². The maximum absolute atomic E-state index is 11.8. The van der Waals surface area contributed by atoms with E-state index >= 15 is 0 Å². The number of amides is 1. The molecule has 0 saturated carbocycles. The molecule has 1 unspecified atom stereocenters. The van der Waals surface area contributed by atoms with E-state index in [9.17, 15) is 4.79 Å². The Kier molecular flexibility index (Phi) is 4.04. The van der Waals surface area contributed by atoms with E-state index < -0.39 is 6.04 Å². The van der Waals surface area contributed by atoms with Crippen molar-refractivity contribution in [3.05, 3.63) is 48.2 Å². The Hall–Kier alpha value is -2.47. The number of aromatic nitrogens is 2. The number of nitrogens with two attached hydrogens (primary N) is 1. The third kappa shape index (κ3) is 3.75. The first-order valence-corrected chi connectivity index (χ1v) is 5.77. The van der Waals surface area contributed by atoms with Gasteiger partial charge < -0.3 is 16.2 Å². The van der Waals surface area contributed by atoms with Gasteiger partial charge in [0.1, 0.15) is 5.75 Å². The van der Waals surface area contributed by atoms with Gasteiger partial charge in [0.2, 0.25) is 5.91 Å². The van der Waals surface area contributed by atoms with Gasteiger partial charge in [-0.1, -0.05) is 12.1 Å². The van der Waals surface area contributed by atoms with Crippen LogP contribution in [0.1, 0.15) is 5.56 Å². The number of hydrogen-bond donors (Lipinski definition) is 3. The largest absolute Gasteiger partial charge is 0.508 e. The van der Waals surface area contributed by atoms with Crippen LogP contribution in [0.3, 0.4) is 0 Å². The molecule has 1 atom stereocenters. The Balaban J connectivity index is 1.94. The van der Waals surface area contributed by atoms with Crippen molar-refractivity contribution < 1.29 is 9.90 Å². The third-order valence-electron chi connectivity index (χ3n) is 2.55. The molecule has 2 aromatic rings. The van der Waals surface area contributed by atoms with Gasteiger partial charge in [-0.15, -0.1) is 5.10 Å². The van der Waals surface area contributed by atoms with E-state index in [4.69, 9.17) is 10.8 Å². The molecule has 4 N–H and O–H groups in total. The fourth-order valence-electron chi connectivity index (χ4n) is 1.57. The number of nitrogens with one attached hydrogen (secondary N) is 1. The lowest BCUT2D eigenvalue weighted by molar-refractivity contribution is -0.117. The highest BCUT2D eigenvalue weighted by Gasteiger charge is 2.14. The summed E-state index contributed by atoms with van der Waals surface area (Å²) in [6.45, 7) is 0. The molecule has 6 heteroatoms. The van der Waals surface area contributed by atoms with E-state index in [2.05, 4.69) is 15.5 Å². The van der Waals surface area contributed by atoms with E-state index in [1.165, 1.54) is 6.20 Å². The quantitative estimate of drug-likeness (QED) is 0.749. The molecular weight excluding hydrogens is 244 g/mol. The molecule has 19 heavy (non-hydrogen) atoms. The molecule has 0 radical (unpaired) electrons. The summed E-state index contributed by atoms with van der Waals surface area (Å²) in [6.07, 6.45) is 1.90. The van der Waals surface area contributed by atoms with Crippen LogP contribution in [0, 0.1) is 0 Å². The van der Waals surface area contributed by atoms with Gasteiger partial charge in [-0.05, 0) is 36.2 Å². The SMILES string of the molecule is NC(Cc1ccc(O)cc1)C(=O)Nc1cccnn1. The van der Waals surface area contributed by atoms with Crippen LogP contribution in [-0.4, -0.2) is 27.3 Å². The summed E-state index contributed by atoms with van der Waals surface area (Å²) < 4.78 is 0. The van der Waals surface area contributed by atoms with Crippen molar-refractivity contribution in [3.8, 4) is 5.75 Å². The Morgan fingerprint density at radius 2 is 2.05 bits per heavy atom. The summed E-state index contributed by atoms with van der Waals surface area (Å²) in [5, 5.41) is 19.2. The zero-order valence-electron chi connectivity index (χ0n) is 10.2. The van der Waals surface area contributed by atoms with E-state index in [1.54, 1.807) is 36.4 Å². The minimum absolute atomic E-state index is 0.182. The lowest BCUT2D eigenvalue weighted by Crippen LogP contribution is -2.37. The summed E-state index contributed by atoms with van der Waals surface area (Å²) in [4.78, 5) is 11.8. The molecule has 0 aliphatic rings. The number of phenolic OH excluding ortho intramolecular Hbond substituents is 1. The molecule has 0 spiro atoms. The number of rotatable bonds is 4. The minimum atomic E-state index is -0.688. The molecule has 98 valence electrons. The predicted octanol–water partition coefficient (Wildman–Crippen LogP) is 0.691. The van der Waals surface area contributed by atoms with Gasteiger partial charge in [0, 0.05) is 6.20 Å². The molecule has 1 aromatic heterocycles. The van der Waals surface area contributed by atoms with E-state index in [-0.39, 0.29) is 11.7 Å². The zero-order valence-corrected chi connectivity index (χ0v) is 10.2. The van der Waals surface area contributed by atoms with Gasteiger partial charge >= 0.3 is 0 Å². The molecule has 0 aliphatic heterocycles. The third-order valence-corrected chi connectivity index (χ3v) is 2.55. The number of phenols is 1. The second kappa shape index (κ2) is 5.92. The van der Waals surface area contributed by atoms with E-state index in [0.29, 0.717) is 12.2 Å². The smallest absolute Gasteiger partial charge is 0.242 e. The lowest BCUT2D eigenvalue weighted by Gasteiger charge is -2.11. The van der Waals surface area contributed by atoms with Crippen molar-refractivity contribution in [3.63, 3.8) is 0 Å². The Morgan fingerprint density at radius 3 is 2.68 bits per heavy atom. The van der Waals surface area contributed by atoms with E-state index in [1.807, 2.05) is 0 Å². The first-order valence-electron chi connectivity index (χ1n) is 5.77. The zero-order chi connectivity index (χ0) is 13.7. The number of aromatic hydroxyl groups is 1. The number of carbonyl (C=O) groups excluding carboxylic acids is 1. The average molecular weight is 258 g/mol. The van der Waals surface area contributed by atoms with Gasteiger partial charge in [-0.25, -0.2) is 0 Å². The maximum Gasteiger partial charge on any atom is 0.242 e. The highest BCUT2D eigenvalue weighted by Crippen LogP contribution is 2.11. The normalized spacial score (nSPS) is 11.8. The van der Waals surface area contributed by atoms with E-state index in [0.717, 1.165) is 5.56 Å². The van der Waals surface area contributed by atoms with Crippen molar-refractivity contribution in [2.45, 2.75) is 12.5 Å². The van der Waals surface area contributed by atoms with Crippen LogP contribution in [-0.2, 0) is 11.2 Å². The number of benzene rings is 1. The van der Waals surface area contributed by atoms with Crippen LogP contribution in [0.25, 0.3) is 0 Å². The first kappa shape index (κ1) is 13.0. The van der Waals surface area contributed by atoms with Crippen LogP contribution in [0.15, 0.2) is 42.6 Å². The maximum atomic E-state index is 11.8. The first-order chi connectivity index (χ1) is 9.15. The molecule has 0 aliphatic carbocycles. The molecule has 2 rings (SSSR count). The molecule has 1 amide bonds. The van der Waals surface area contributed by atoms with Crippen LogP contribution >= 0.6 is 0 Å². The molecule has 0 saturated heterocycles. The standard InChI is InChI=1S/C13H14N4O2/c14-11(8-9-3-5-10(18)6-4-9)13(19)16-12-2-1-7-15-17-12/h1-7,11,18H,8,14H2,(H,16,17,19). The molecule has 6 nitrogen and oxygen atoms in total. The van der Waals surface area contributed by atoms with Crippen molar-refractivity contribution in [2.75, 3.05) is 5.32 Å². The monoisotopic (exact) mass is 258 g/mol. The molecule has 0 bridgehead atoms. The fourth-order valence-corrected chi connectivity index (χ4v) is 1.57. The van der Waals surface area contributed by atoms with Crippen LogP contribution in [0.2, 0.25) is 0 Å². The molecular formula is C13H14N4O2. The van der Waals surface area contributed by atoms with Gasteiger partial charge in [-0.2, -0.15) is 5.10 Å². The second-order valence-corrected chi connectivity index (χ2v) is 4.08. The van der Waals surface area contributed by atoms with Gasteiger partial charge in [-0.3, -0.25) is 4.79 Å². The number of hydrogen-bond acceptors (Lipinski definition) is 5. The van der Waals surface area contributed by atoms with Gasteiger partial charge in [0.25, 0.3) is 0 Å². The van der Waals surface area contributed by atoms with Crippen molar-refractivity contribution in [2.24, 2.45) is 5.73 Å². The second-order valence-electron chi connectivity index (χ2n) is 4.08. The molecule has 0 fully saturated rings. The Morgan fingerprint density at radius 1 is 1.32 bits per heavy atom. The molecule has 1 aromatic carbocycles. The van der Waals surface area contributed by atoms with Gasteiger partial charge in [0.05, 0.1) is 6.04 Å². The molecule has 1 heterocycles. The average Bonchev–Trinajstić information content (AvgIpc) is 2.42. The Bertz CT molecular complexity index is 542. The van der Waals surface area contributed by atoms with Gasteiger partial charge in [0.15, 0.2) is 5.82 Å². The highest BCUT2D eigenvalue weighted by atomic mass is 16.3. The Labute approximate surface area is 110 Å². The van der Waals surface area contributed by atoms with Crippen molar-refractivity contribution in [1.82, 2.24) is 10.2 Å². The summed E-state index contributed by atoms with van der Waals surface area (Å²) in [5.41, 5.74) is 6.69. The highest BCUT2D eigenvalue weighted by molar-refractivity contribution is 5.93. The van der Waals surface area contributed by atoms with Crippen LogP contribution in [0.5, 0.6) is 5.75 Å². The number of anilines is 1. The summed E-state index contributed by atoms with van der Waals surface area (Å²) in [7, 11) is 0. The van der Waals surface area contributed by atoms with Crippen LogP contribution in [0.4, 0.5) is 5.82 Å². The number of nitrogens with zero attached hydrogens (tertiary/aromatic N) is 2. The van der Waals surface area contributed by atoms with Crippen LogP contribution < -0.4 is 11.1 Å².